The molecule has 1 N–H and O–H groups in total. The molecule has 4 heteroatoms. The van der Waals surface area contributed by atoms with Gasteiger partial charge in [0, 0.05) is 6.61 Å². The minimum Gasteiger partial charge on any atom is -0.376 e. The van der Waals surface area contributed by atoms with E-state index in [9.17, 15) is 0 Å². The molecule has 0 saturated carbocycles. The first kappa shape index (κ1) is 11.4. The highest BCUT2D eigenvalue weighted by Crippen LogP contribution is 2.12. The monoisotopic (exact) mass is 198 g/mol. The lowest BCUT2D eigenvalue weighted by atomic mass is 10.1. The molecule has 14 heavy (non-hydrogen) atoms. The van der Waals surface area contributed by atoms with Crippen molar-refractivity contribution >= 4 is 0 Å². The lowest BCUT2D eigenvalue weighted by Gasteiger charge is -2.21. The Morgan fingerprint density at radius 3 is 3.00 bits per heavy atom. The Balaban J connectivity index is 2.16. The topological polar surface area (TPSA) is 54.3 Å². The SMILES string of the molecule is CNC(C)(C#N)COCC1CCCO1. The van der Waals surface area contributed by atoms with Gasteiger partial charge in [0.15, 0.2) is 0 Å². The van der Waals surface area contributed by atoms with Crippen molar-refractivity contribution in [2.45, 2.75) is 31.4 Å². The van der Waals surface area contributed by atoms with Gasteiger partial charge in [-0.2, -0.15) is 5.26 Å². The molecule has 0 aliphatic carbocycles. The van der Waals surface area contributed by atoms with E-state index < -0.39 is 5.54 Å². The summed E-state index contributed by atoms with van der Waals surface area (Å²) in [5.74, 6) is 0. The molecule has 1 aliphatic rings. The van der Waals surface area contributed by atoms with Crippen molar-refractivity contribution < 1.29 is 9.47 Å². The van der Waals surface area contributed by atoms with Crippen LogP contribution in [0.15, 0.2) is 0 Å². The summed E-state index contributed by atoms with van der Waals surface area (Å²) < 4.78 is 10.9. The van der Waals surface area contributed by atoms with E-state index in [0.29, 0.717) is 13.2 Å². The fourth-order valence-corrected chi connectivity index (χ4v) is 1.33. The zero-order chi connectivity index (χ0) is 10.4. The van der Waals surface area contributed by atoms with Crippen molar-refractivity contribution in [1.82, 2.24) is 5.32 Å². The van der Waals surface area contributed by atoms with Crippen molar-refractivity contribution in [3.05, 3.63) is 0 Å². The van der Waals surface area contributed by atoms with E-state index in [4.69, 9.17) is 14.7 Å². The Hall–Kier alpha value is -0.630. The molecule has 1 fully saturated rings. The van der Waals surface area contributed by atoms with E-state index >= 15 is 0 Å². The third kappa shape index (κ3) is 3.26. The number of likely N-dealkylation sites (N-methyl/N-ethyl adjacent to an activating group) is 1. The molecule has 2 atom stereocenters. The molecule has 1 saturated heterocycles. The lowest BCUT2D eigenvalue weighted by molar-refractivity contribution is 0.00526. The van der Waals surface area contributed by atoms with Gasteiger partial charge in [0.05, 0.1) is 25.4 Å². The van der Waals surface area contributed by atoms with Crippen molar-refractivity contribution in [2.75, 3.05) is 26.9 Å². The molecule has 2 unspecified atom stereocenters. The molecule has 0 amide bonds. The van der Waals surface area contributed by atoms with Crippen LogP contribution in [0.5, 0.6) is 0 Å². The number of rotatable bonds is 5. The predicted octanol–water partition coefficient (Wildman–Crippen LogP) is 0.684. The minimum atomic E-state index is -0.585. The van der Waals surface area contributed by atoms with Crippen LogP contribution in [0.4, 0.5) is 0 Å². The van der Waals surface area contributed by atoms with Gasteiger partial charge in [-0.25, -0.2) is 0 Å². The van der Waals surface area contributed by atoms with E-state index in [1.165, 1.54) is 0 Å². The second-order valence-electron chi connectivity index (χ2n) is 3.84. The first-order chi connectivity index (χ1) is 6.70. The molecule has 1 aliphatic heterocycles. The summed E-state index contributed by atoms with van der Waals surface area (Å²) in [6, 6.07) is 2.18. The Morgan fingerprint density at radius 1 is 1.71 bits per heavy atom. The first-order valence-corrected chi connectivity index (χ1v) is 5.00. The Bertz CT molecular complexity index is 209. The number of hydrogen-bond acceptors (Lipinski definition) is 4. The van der Waals surface area contributed by atoms with Crippen LogP contribution >= 0.6 is 0 Å². The van der Waals surface area contributed by atoms with Gasteiger partial charge in [0.25, 0.3) is 0 Å². The third-order valence-electron chi connectivity index (χ3n) is 2.52. The van der Waals surface area contributed by atoms with Gasteiger partial charge in [0.2, 0.25) is 0 Å². The summed E-state index contributed by atoms with van der Waals surface area (Å²) in [7, 11) is 1.76. The second kappa shape index (κ2) is 5.30. The first-order valence-electron chi connectivity index (χ1n) is 5.00. The standard InChI is InChI=1S/C10H18N2O2/c1-10(7-11,12-2)8-13-6-9-4-3-5-14-9/h9,12H,3-6,8H2,1-2H3. The van der Waals surface area contributed by atoms with E-state index in [1.54, 1.807) is 7.05 Å². The zero-order valence-electron chi connectivity index (χ0n) is 8.88. The normalized spacial score (nSPS) is 25.6. The van der Waals surface area contributed by atoms with Crippen LogP contribution in [0.1, 0.15) is 19.8 Å². The van der Waals surface area contributed by atoms with Crippen LogP contribution in [0, 0.1) is 11.3 Å². The maximum absolute atomic E-state index is 8.85. The van der Waals surface area contributed by atoms with Gasteiger partial charge in [-0.05, 0) is 26.8 Å². The number of nitrogens with zero attached hydrogens (tertiary/aromatic N) is 1. The average molecular weight is 198 g/mol. The summed E-state index contributed by atoms with van der Waals surface area (Å²) in [6.07, 6.45) is 2.42. The summed E-state index contributed by atoms with van der Waals surface area (Å²) in [4.78, 5) is 0. The quantitative estimate of drug-likeness (QED) is 0.706. The van der Waals surface area contributed by atoms with Gasteiger partial charge in [-0.1, -0.05) is 0 Å². The molecule has 4 nitrogen and oxygen atoms in total. The number of ether oxygens (including phenoxy) is 2. The number of nitrogens with one attached hydrogen (secondary N) is 1. The van der Waals surface area contributed by atoms with Crippen LogP contribution in [-0.2, 0) is 9.47 Å². The van der Waals surface area contributed by atoms with Crippen molar-refractivity contribution in [1.29, 1.82) is 5.26 Å². The second-order valence-corrected chi connectivity index (χ2v) is 3.84. The summed E-state index contributed by atoms with van der Waals surface area (Å²) >= 11 is 0. The Morgan fingerprint density at radius 2 is 2.50 bits per heavy atom. The van der Waals surface area contributed by atoms with Crippen LogP contribution in [0.2, 0.25) is 0 Å². The van der Waals surface area contributed by atoms with E-state index in [-0.39, 0.29) is 6.10 Å². The molecule has 0 spiro atoms. The van der Waals surface area contributed by atoms with Crippen LogP contribution in [0.3, 0.4) is 0 Å². The van der Waals surface area contributed by atoms with Crippen LogP contribution in [-0.4, -0.2) is 38.5 Å². The lowest BCUT2D eigenvalue weighted by Crippen LogP contribution is -2.43. The van der Waals surface area contributed by atoms with Crippen molar-refractivity contribution in [2.24, 2.45) is 0 Å². The summed E-state index contributed by atoms with van der Waals surface area (Å²) in [5, 5.41) is 11.8. The van der Waals surface area contributed by atoms with E-state index in [1.807, 2.05) is 6.92 Å². The molecule has 0 radical (unpaired) electrons. The fourth-order valence-electron chi connectivity index (χ4n) is 1.33. The molecule has 1 heterocycles. The van der Waals surface area contributed by atoms with Gasteiger partial charge in [-0.3, -0.25) is 0 Å². The number of hydrogen-bond donors (Lipinski definition) is 1. The predicted molar refractivity (Wildman–Crippen MR) is 52.9 cm³/mol. The summed E-state index contributed by atoms with van der Waals surface area (Å²) in [6.45, 7) is 3.66. The van der Waals surface area contributed by atoms with E-state index in [0.717, 1.165) is 19.4 Å². The largest absolute Gasteiger partial charge is 0.376 e. The molecule has 0 bridgehead atoms. The van der Waals surface area contributed by atoms with E-state index in [2.05, 4.69) is 11.4 Å². The minimum absolute atomic E-state index is 0.231. The molecular weight excluding hydrogens is 180 g/mol. The molecule has 80 valence electrons. The highest BCUT2D eigenvalue weighted by molar-refractivity contribution is 5.02. The maximum atomic E-state index is 8.85. The fraction of sp³-hybridized carbons (Fsp3) is 0.900. The Labute approximate surface area is 85.2 Å². The average Bonchev–Trinajstić information content (AvgIpc) is 2.70. The highest BCUT2D eigenvalue weighted by Gasteiger charge is 2.23. The molecule has 0 aromatic heterocycles. The molecule has 0 aromatic rings. The zero-order valence-corrected chi connectivity index (χ0v) is 8.88. The van der Waals surface area contributed by atoms with Gasteiger partial charge >= 0.3 is 0 Å². The van der Waals surface area contributed by atoms with Gasteiger partial charge < -0.3 is 14.8 Å². The van der Waals surface area contributed by atoms with Crippen molar-refractivity contribution in [3.63, 3.8) is 0 Å². The maximum Gasteiger partial charge on any atom is 0.127 e. The molecular formula is C10H18N2O2. The van der Waals surface area contributed by atoms with Crippen LogP contribution < -0.4 is 5.32 Å². The third-order valence-corrected chi connectivity index (χ3v) is 2.52. The van der Waals surface area contributed by atoms with Crippen molar-refractivity contribution in [3.8, 4) is 6.07 Å². The summed E-state index contributed by atoms with van der Waals surface area (Å²) in [5.41, 5.74) is -0.585. The molecule has 1 rings (SSSR count). The highest BCUT2D eigenvalue weighted by atomic mass is 16.5. The Kier molecular flexibility index (Phi) is 4.33. The smallest absolute Gasteiger partial charge is 0.127 e. The van der Waals surface area contributed by atoms with Gasteiger partial charge in [0.1, 0.15) is 5.54 Å². The van der Waals surface area contributed by atoms with Crippen LogP contribution in [0.25, 0.3) is 0 Å². The van der Waals surface area contributed by atoms with Gasteiger partial charge in [-0.15, -0.1) is 0 Å². The number of nitriles is 1. The molecule has 0 aromatic carbocycles.